The molecule has 0 aromatic carbocycles. The first-order chi connectivity index (χ1) is 4.34. The van der Waals surface area contributed by atoms with Crippen molar-refractivity contribution in [2.75, 3.05) is 19.3 Å². The Kier molecular flexibility index (Phi) is 2.39. The first kappa shape index (κ1) is 6.93. The third kappa shape index (κ3) is 1.61. The smallest absolute Gasteiger partial charge is 0.156 e. The number of nitrogens with one attached hydrogen (secondary N) is 1. The second kappa shape index (κ2) is 3.11. The second-order valence-corrected chi connectivity index (χ2v) is 3.00. The van der Waals surface area contributed by atoms with Gasteiger partial charge in [-0.25, -0.2) is 0 Å². The summed E-state index contributed by atoms with van der Waals surface area (Å²) >= 11 is 1.53. The lowest BCUT2D eigenvalue weighted by Crippen LogP contribution is -2.23. The third-order valence-electron chi connectivity index (χ3n) is 1.59. The van der Waals surface area contributed by atoms with E-state index in [1.54, 1.807) is 0 Å². The van der Waals surface area contributed by atoms with Crippen LogP contribution in [0.2, 0.25) is 0 Å². The van der Waals surface area contributed by atoms with E-state index in [1.165, 1.54) is 24.6 Å². The maximum Gasteiger partial charge on any atom is 0.156 e. The topological polar surface area (TPSA) is 27.1 Å². The van der Waals surface area contributed by atoms with Gasteiger partial charge in [-0.3, -0.25) is 5.41 Å². The van der Waals surface area contributed by atoms with Crippen LogP contribution in [0.15, 0.2) is 0 Å². The molecule has 0 amide bonds. The molecule has 1 saturated heterocycles. The predicted molar refractivity (Wildman–Crippen MR) is 42.0 cm³/mol. The molecule has 0 saturated carbocycles. The highest BCUT2D eigenvalue weighted by Gasteiger charge is 2.12. The molecule has 3 heteroatoms. The Labute approximate surface area is 60.1 Å². The molecule has 0 aliphatic carbocycles. The molecular formula is C6H12N2S. The maximum atomic E-state index is 7.42. The molecule has 52 valence electrons. The molecule has 0 atom stereocenters. The molecule has 0 radical (unpaired) electrons. The molecule has 0 aromatic rings. The normalized spacial score (nSPS) is 18.6. The number of nitrogens with zero attached hydrogens (tertiary/aromatic N) is 1. The molecule has 1 rings (SSSR count). The summed E-state index contributed by atoms with van der Waals surface area (Å²) in [5, 5.41) is 8.15. The van der Waals surface area contributed by atoms with Gasteiger partial charge < -0.3 is 4.90 Å². The van der Waals surface area contributed by atoms with Crippen LogP contribution in [0.1, 0.15) is 12.8 Å². The minimum absolute atomic E-state index is 0.729. The van der Waals surface area contributed by atoms with Crippen LogP contribution in [0, 0.1) is 5.41 Å². The van der Waals surface area contributed by atoms with Gasteiger partial charge in [0.05, 0.1) is 0 Å². The minimum atomic E-state index is 0.729. The summed E-state index contributed by atoms with van der Waals surface area (Å²) in [6.07, 6.45) is 4.49. The maximum absolute atomic E-state index is 7.42. The third-order valence-corrected chi connectivity index (χ3v) is 2.23. The van der Waals surface area contributed by atoms with Crippen LogP contribution in [0.5, 0.6) is 0 Å². The van der Waals surface area contributed by atoms with E-state index in [0.717, 1.165) is 18.3 Å². The summed E-state index contributed by atoms with van der Waals surface area (Å²) in [4.78, 5) is 2.13. The molecule has 1 N–H and O–H groups in total. The molecule has 0 spiro atoms. The Morgan fingerprint density at radius 3 is 2.44 bits per heavy atom. The lowest BCUT2D eigenvalue weighted by atomic mass is 10.4. The van der Waals surface area contributed by atoms with E-state index in [4.69, 9.17) is 5.41 Å². The van der Waals surface area contributed by atoms with E-state index in [-0.39, 0.29) is 0 Å². The lowest BCUT2D eigenvalue weighted by molar-refractivity contribution is 0.527. The number of rotatable bonds is 0. The van der Waals surface area contributed by atoms with Gasteiger partial charge in [0.15, 0.2) is 5.17 Å². The summed E-state index contributed by atoms with van der Waals surface area (Å²) in [5.74, 6) is 0. The van der Waals surface area contributed by atoms with Crippen LogP contribution < -0.4 is 0 Å². The SMILES string of the molecule is CSC(=N)N1CCCC1. The number of hydrogen-bond acceptors (Lipinski definition) is 2. The van der Waals surface area contributed by atoms with Crippen molar-refractivity contribution in [1.82, 2.24) is 4.90 Å². The van der Waals surface area contributed by atoms with E-state index in [2.05, 4.69) is 4.90 Å². The molecule has 0 aromatic heterocycles. The zero-order chi connectivity index (χ0) is 6.69. The van der Waals surface area contributed by atoms with Crippen LogP contribution in [0.25, 0.3) is 0 Å². The standard InChI is InChI=1S/C6H12N2S/c1-9-6(7)8-4-2-3-5-8/h7H,2-5H2,1H3. The Hall–Kier alpha value is -0.180. The van der Waals surface area contributed by atoms with Crippen LogP contribution >= 0.6 is 11.8 Å². The van der Waals surface area contributed by atoms with Crippen LogP contribution in [0.3, 0.4) is 0 Å². The fourth-order valence-corrected chi connectivity index (χ4v) is 1.49. The van der Waals surface area contributed by atoms with Crippen LogP contribution in [-0.2, 0) is 0 Å². The monoisotopic (exact) mass is 144 g/mol. The van der Waals surface area contributed by atoms with Gasteiger partial charge in [0.1, 0.15) is 0 Å². The second-order valence-electron chi connectivity index (χ2n) is 2.20. The average Bonchev–Trinajstić information content (AvgIpc) is 2.37. The lowest BCUT2D eigenvalue weighted by Gasteiger charge is -2.15. The van der Waals surface area contributed by atoms with Crippen LogP contribution in [-0.4, -0.2) is 29.4 Å². The van der Waals surface area contributed by atoms with Crippen molar-refractivity contribution in [3.63, 3.8) is 0 Å². The van der Waals surface area contributed by atoms with Gasteiger partial charge >= 0.3 is 0 Å². The van der Waals surface area contributed by atoms with E-state index in [0.29, 0.717) is 0 Å². The quantitative estimate of drug-likeness (QED) is 0.411. The van der Waals surface area contributed by atoms with Crippen LogP contribution in [0.4, 0.5) is 0 Å². The summed E-state index contributed by atoms with van der Waals surface area (Å²) in [6.45, 7) is 2.19. The van der Waals surface area contributed by atoms with E-state index in [9.17, 15) is 0 Å². The first-order valence-electron chi connectivity index (χ1n) is 3.22. The average molecular weight is 144 g/mol. The predicted octanol–water partition coefficient (Wildman–Crippen LogP) is 1.38. The Bertz CT molecular complexity index is 108. The first-order valence-corrected chi connectivity index (χ1v) is 4.44. The van der Waals surface area contributed by atoms with Gasteiger partial charge in [0.25, 0.3) is 0 Å². The molecule has 1 fully saturated rings. The van der Waals surface area contributed by atoms with Gasteiger partial charge in [-0.05, 0) is 19.1 Å². The van der Waals surface area contributed by atoms with Crippen molar-refractivity contribution in [2.45, 2.75) is 12.8 Å². The molecule has 0 unspecified atom stereocenters. The fourth-order valence-electron chi connectivity index (χ4n) is 1.05. The Morgan fingerprint density at radius 2 is 2.00 bits per heavy atom. The van der Waals surface area contributed by atoms with Crippen molar-refractivity contribution in [3.8, 4) is 0 Å². The fraction of sp³-hybridized carbons (Fsp3) is 0.833. The highest BCUT2D eigenvalue weighted by atomic mass is 32.2. The number of amidine groups is 1. The Morgan fingerprint density at radius 1 is 1.44 bits per heavy atom. The van der Waals surface area contributed by atoms with Gasteiger partial charge in [-0.1, -0.05) is 11.8 Å². The zero-order valence-electron chi connectivity index (χ0n) is 5.68. The molecule has 1 aliphatic heterocycles. The molecule has 1 heterocycles. The van der Waals surface area contributed by atoms with Gasteiger partial charge in [-0.2, -0.15) is 0 Å². The summed E-state index contributed by atoms with van der Waals surface area (Å²) in [5.41, 5.74) is 0. The molecule has 2 nitrogen and oxygen atoms in total. The van der Waals surface area contributed by atoms with Crippen molar-refractivity contribution in [2.24, 2.45) is 0 Å². The zero-order valence-corrected chi connectivity index (χ0v) is 6.50. The number of thioether (sulfide) groups is 1. The minimum Gasteiger partial charge on any atom is -0.352 e. The van der Waals surface area contributed by atoms with Crippen molar-refractivity contribution in [1.29, 1.82) is 5.41 Å². The van der Waals surface area contributed by atoms with E-state index < -0.39 is 0 Å². The highest BCUT2D eigenvalue weighted by molar-refractivity contribution is 8.13. The summed E-state index contributed by atoms with van der Waals surface area (Å²) < 4.78 is 0. The van der Waals surface area contributed by atoms with E-state index in [1.807, 2.05) is 6.26 Å². The Balaban J connectivity index is 2.32. The molecule has 1 aliphatic rings. The number of hydrogen-bond donors (Lipinski definition) is 1. The van der Waals surface area contributed by atoms with Gasteiger partial charge in [0, 0.05) is 13.1 Å². The highest BCUT2D eigenvalue weighted by Crippen LogP contribution is 2.11. The van der Waals surface area contributed by atoms with Crippen molar-refractivity contribution < 1.29 is 0 Å². The summed E-state index contributed by atoms with van der Waals surface area (Å²) in [6, 6.07) is 0. The summed E-state index contributed by atoms with van der Waals surface area (Å²) in [7, 11) is 0. The van der Waals surface area contributed by atoms with Gasteiger partial charge in [0.2, 0.25) is 0 Å². The molecular weight excluding hydrogens is 132 g/mol. The molecule has 9 heavy (non-hydrogen) atoms. The molecule has 0 bridgehead atoms. The largest absolute Gasteiger partial charge is 0.352 e. The van der Waals surface area contributed by atoms with E-state index >= 15 is 0 Å². The number of likely N-dealkylation sites (tertiary alicyclic amines) is 1. The van der Waals surface area contributed by atoms with Crippen molar-refractivity contribution in [3.05, 3.63) is 0 Å². The van der Waals surface area contributed by atoms with Crippen molar-refractivity contribution >= 4 is 16.9 Å². The van der Waals surface area contributed by atoms with Gasteiger partial charge in [-0.15, -0.1) is 0 Å².